The molecule has 0 bridgehead atoms. The monoisotopic (exact) mass is 299 g/mol. The number of nitro benzene ring substituents is 1. The van der Waals surface area contributed by atoms with Crippen molar-refractivity contribution in [2.75, 3.05) is 19.6 Å². The summed E-state index contributed by atoms with van der Waals surface area (Å²) in [6.45, 7) is 0.306. The van der Waals surface area contributed by atoms with Crippen LogP contribution in [0.5, 0.6) is 0 Å². The average Bonchev–Trinajstić information content (AvgIpc) is 2.62. The van der Waals surface area contributed by atoms with E-state index in [4.69, 9.17) is 0 Å². The summed E-state index contributed by atoms with van der Waals surface area (Å²) in [4.78, 5) is 34.2. The van der Waals surface area contributed by atoms with Gasteiger partial charge in [0.1, 0.15) is 5.82 Å². The van der Waals surface area contributed by atoms with E-state index in [0.717, 1.165) is 4.90 Å². The van der Waals surface area contributed by atoms with Crippen LogP contribution in [0.15, 0.2) is 12.1 Å². The lowest BCUT2D eigenvalue weighted by atomic mass is 10.1. The molecule has 0 spiro atoms. The molecule has 1 aromatic rings. The zero-order chi connectivity index (χ0) is 15.6. The lowest BCUT2D eigenvalue weighted by molar-refractivity contribution is -0.387. The molecule has 0 aliphatic carbocycles. The molecule has 0 unspecified atom stereocenters. The zero-order valence-electron chi connectivity index (χ0n) is 10.8. The van der Waals surface area contributed by atoms with E-state index >= 15 is 0 Å². The molecule has 2 amide bonds. The van der Waals surface area contributed by atoms with Crippen LogP contribution in [0, 0.1) is 21.7 Å². The quantitative estimate of drug-likeness (QED) is 0.647. The Balaban J connectivity index is 2.36. The highest BCUT2D eigenvalue weighted by molar-refractivity contribution is 5.97. The number of nitrogens with zero attached hydrogens (tertiary/aromatic N) is 2. The Morgan fingerprint density at radius 2 is 2.05 bits per heavy atom. The largest absolute Gasteiger partial charge is 0.354 e. The van der Waals surface area contributed by atoms with Crippen LogP contribution in [-0.2, 0) is 4.79 Å². The van der Waals surface area contributed by atoms with Crippen LogP contribution in [0.4, 0.5) is 14.5 Å². The van der Waals surface area contributed by atoms with Crippen LogP contribution >= 0.6 is 0 Å². The molecule has 0 saturated carbocycles. The SMILES string of the molecule is O=C1CN(C(=O)c2cc([N+](=O)[O-])c(F)cc2F)CCCN1. The second kappa shape index (κ2) is 5.81. The Kier molecular flexibility index (Phi) is 4.10. The summed E-state index contributed by atoms with van der Waals surface area (Å²) in [6.07, 6.45) is 0.475. The number of nitro groups is 1. The number of amides is 2. The first-order valence-electron chi connectivity index (χ1n) is 6.09. The summed E-state index contributed by atoms with van der Waals surface area (Å²) in [6, 6.07) is 0.846. The van der Waals surface area contributed by atoms with Gasteiger partial charge in [-0.05, 0) is 6.42 Å². The molecule has 1 heterocycles. The van der Waals surface area contributed by atoms with Crippen LogP contribution in [0.1, 0.15) is 16.8 Å². The fraction of sp³-hybridized carbons (Fsp3) is 0.333. The van der Waals surface area contributed by atoms with E-state index < -0.39 is 39.6 Å². The molecule has 0 atom stereocenters. The van der Waals surface area contributed by atoms with E-state index in [1.165, 1.54) is 0 Å². The Morgan fingerprint density at radius 3 is 2.71 bits per heavy atom. The van der Waals surface area contributed by atoms with Gasteiger partial charge in [-0.1, -0.05) is 0 Å². The zero-order valence-corrected chi connectivity index (χ0v) is 10.8. The second-order valence-electron chi connectivity index (χ2n) is 4.47. The van der Waals surface area contributed by atoms with Gasteiger partial charge in [-0.25, -0.2) is 4.39 Å². The molecular weight excluding hydrogens is 288 g/mol. The predicted octanol–water partition coefficient (Wildman–Crippen LogP) is 0.835. The van der Waals surface area contributed by atoms with Crippen molar-refractivity contribution in [3.63, 3.8) is 0 Å². The van der Waals surface area contributed by atoms with Crippen LogP contribution in [0.25, 0.3) is 0 Å². The first kappa shape index (κ1) is 14.8. The average molecular weight is 299 g/mol. The van der Waals surface area contributed by atoms with Crippen LogP contribution < -0.4 is 5.32 Å². The minimum atomic E-state index is -1.36. The van der Waals surface area contributed by atoms with E-state index in [1.807, 2.05) is 0 Å². The van der Waals surface area contributed by atoms with Crippen molar-refractivity contribution in [2.45, 2.75) is 6.42 Å². The number of hydrogen-bond acceptors (Lipinski definition) is 4. The fourth-order valence-corrected chi connectivity index (χ4v) is 1.99. The van der Waals surface area contributed by atoms with Crippen molar-refractivity contribution in [3.8, 4) is 0 Å². The summed E-state index contributed by atoms with van der Waals surface area (Å²) in [5, 5.41) is 13.2. The maximum atomic E-state index is 13.7. The number of hydrogen-bond donors (Lipinski definition) is 1. The van der Waals surface area contributed by atoms with Crippen LogP contribution in [-0.4, -0.2) is 41.3 Å². The van der Waals surface area contributed by atoms with E-state index in [1.54, 1.807) is 0 Å². The molecule has 1 aliphatic rings. The molecule has 1 fully saturated rings. The van der Waals surface area contributed by atoms with Gasteiger partial charge in [-0.2, -0.15) is 4.39 Å². The van der Waals surface area contributed by atoms with Crippen molar-refractivity contribution in [3.05, 3.63) is 39.4 Å². The molecule has 1 aromatic carbocycles. The highest BCUT2D eigenvalue weighted by atomic mass is 19.1. The third-order valence-corrected chi connectivity index (χ3v) is 3.01. The van der Waals surface area contributed by atoms with Crippen LogP contribution in [0.3, 0.4) is 0 Å². The second-order valence-corrected chi connectivity index (χ2v) is 4.47. The van der Waals surface area contributed by atoms with Gasteiger partial charge in [0.05, 0.1) is 17.0 Å². The first-order valence-corrected chi connectivity index (χ1v) is 6.09. The molecule has 21 heavy (non-hydrogen) atoms. The Bertz CT molecular complexity index is 621. The topological polar surface area (TPSA) is 92.5 Å². The smallest absolute Gasteiger partial charge is 0.305 e. The lowest BCUT2D eigenvalue weighted by Crippen LogP contribution is -2.37. The molecule has 0 aromatic heterocycles. The minimum absolute atomic E-state index is 0.197. The molecule has 1 N–H and O–H groups in total. The van der Waals surface area contributed by atoms with E-state index in [-0.39, 0.29) is 13.1 Å². The van der Waals surface area contributed by atoms with Gasteiger partial charge in [-0.15, -0.1) is 0 Å². The van der Waals surface area contributed by atoms with Crippen molar-refractivity contribution in [1.82, 2.24) is 10.2 Å². The third-order valence-electron chi connectivity index (χ3n) is 3.01. The highest BCUT2D eigenvalue weighted by Crippen LogP contribution is 2.22. The molecule has 1 aliphatic heterocycles. The number of benzene rings is 1. The maximum Gasteiger partial charge on any atom is 0.305 e. The van der Waals surface area contributed by atoms with Gasteiger partial charge in [-0.3, -0.25) is 19.7 Å². The number of halogens is 2. The normalized spacial score (nSPS) is 15.3. The molecule has 9 heteroatoms. The van der Waals surface area contributed by atoms with Crippen molar-refractivity contribution >= 4 is 17.5 Å². The Hall–Kier alpha value is -2.58. The van der Waals surface area contributed by atoms with Gasteiger partial charge in [0.15, 0.2) is 0 Å². The molecular formula is C12H11F2N3O4. The third kappa shape index (κ3) is 3.12. The Labute approximate surface area is 117 Å². The van der Waals surface area contributed by atoms with Crippen molar-refractivity contribution < 1.29 is 23.3 Å². The number of rotatable bonds is 2. The summed E-state index contributed by atoms with van der Waals surface area (Å²) < 4.78 is 26.9. The summed E-state index contributed by atoms with van der Waals surface area (Å²) in [5.41, 5.74) is -1.61. The van der Waals surface area contributed by atoms with Crippen molar-refractivity contribution in [2.24, 2.45) is 0 Å². The van der Waals surface area contributed by atoms with Gasteiger partial charge in [0, 0.05) is 25.2 Å². The lowest BCUT2D eigenvalue weighted by Gasteiger charge is -2.19. The van der Waals surface area contributed by atoms with E-state index in [0.29, 0.717) is 25.1 Å². The van der Waals surface area contributed by atoms with Gasteiger partial charge >= 0.3 is 5.69 Å². The van der Waals surface area contributed by atoms with E-state index in [9.17, 15) is 28.5 Å². The number of carbonyl (C=O) groups is 2. The Morgan fingerprint density at radius 1 is 1.33 bits per heavy atom. The van der Waals surface area contributed by atoms with Crippen molar-refractivity contribution in [1.29, 1.82) is 0 Å². The van der Waals surface area contributed by atoms with Gasteiger partial charge in [0.2, 0.25) is 11.7 Å². The number of carbonyl (C=O) groups excluding carboxylic acids is 2. The van der Waals surface area contributed by atoms with Gasteiger partial charge < -0.3 is 10.2 Å². The molecule has 1 saturated heterocycles. The first-order chi connectivity index (χ1) is 9.90. The number of nitrogens with one attached hydrogen (secondary N) is 1. The molecule has 7 nitrogen and oxygen atoms in total. The summed E-state index contributed by atoms with van der Waals surface area (Å²) >= 11 is 0. The molecule has 112 valence electrons. The van der Waals surface area contributed by atoms with E-state index in [2.05, 4.69) is 5.32 Å². The predicted molar refractivity (Wildman–Crippen MR) is 66.5 cm³/mol. The summed E-state index contributed by atoms with van der Waals surface area (Å²) in [5.74, 6) is -3.85. The molecule has 2 rings (SSSR count). The minimum Gasteiger partial charge on any atom is -0.354 e. The van der Waals surface area contributed by atoms with Crippen LogP contribution in [0.2, 0.25) is 0 Å². The highest BCUT2D eigenvalue weighted by Gasteiger charge is 2.27. The molecule has 0 radical (unpaired) electrons. The summed E-state index contributed by atoms with van der Waals surface area (Å²) in [7, 11) is 0. The van der Waals surface area contributed by atoms with Gasteiger partial charge in [0.25, 0.3) is 5.91 Å². The fourth-order valence-electron chi connectivity index (χ4n) is 1.99. The maximum absolute atomic E-state index is 13.7. The standard InChI is InChI=1S/C12H11F2N3O4/c13-8-5-9(14)10(17(20)21)4-7(8)12(19)16-3-1-2-15-11(18)6-16/h4-5H,1-3,6H2,(H,15,18).